The van der Waals surface area contributed by atoms with Crippen LogP contribution in [0.15, 0.2) is 0 Å². The summed E-state index contributed by atoms with van der Waals surface area (Å²) < 4.78 is 25.4. The summed E-state index contributed by atoms with van der Waals surface area (Å²) in [6.07, 6.45) is 0. The Balaban J connectivity index is 0. The molecule has 0 amide bonds. The van der Waals surface area contributed by atoms with Crippen LogP contribution in [-0.4, -0.2) is 18.6 Å². The first kappa shape index (κ1) is 10.8. The lowest BCUT2D eigenvalue weighted by Gasteiger charge is -1.99. The SMILES string of the molecule is N.O[Si](O)(OF)OF. The Morgan fingerprint density at radius 1 is 1.12 bits per heavy atom. The predicted molar refractivity (Wildman–Crippen MR) is 19.6 cm³/mol. The van der Waals surface area contributed by atoms with E-state index in [1.54, 1.807) is 0 Å². The standard InChI is InChI=1S/F2H2O4Si.H3N/c1-5-7(3,4)6-2;/h3-4H;1H3. The quantitative estimate of drug-likeness (QED) is 0.454. The fraction of sp³-hybridized carbons (Fsp3) is 0. The van der Waals surface area contributed by atoms with Crippen LogP contribution in [-0.2, 0) is 9.26 Å². The Labute approximate surface area is 44.3 Å². The van der Waals surface area contributed by atoms with Crippen LogP contribution in [0.1, 0.15) is 0 Å². The van der Waals surface area contributed by atoms with Gasteiger partial charge in [-0.1, -0.05) is 9.05 Å². The van der Waals surface area contributed by atoms with E-state index < -0.39 is 9.05 Å². The van der Waals surface area contributed by atoms with Crippen molar-refractivity contribution in [3.63, 3.8) is 0 Å². The Hall–Kier alpha value is -0.123. The molecule has 0 aromatic carbocycles. The van der Waals surface area contributed by atoms with Crippen molar-refractivity contribution in [3.8, 4) is 0 Å². The summed E-state index contributed by atoms with van der Waals surface area (Å²) in [7, 11) is -4.98. The predicted octanol–water partition coefficient (Wildman–Crippen LogP) is -0.629. The first-order valence-electron chi connectivity index (χ1n) is 1.16. The van der Waals surface area contributed by atoms with Crippen molar-refractivity contribution < 1.29 is 27.9 Å². The van der Waals surface area contributed by atoms with E-state index in [0.717, 1.165) is 0 Å². The van der Waals surface area contributed by atoms with Crippen molar-refractivity contribution in [1.29, 1.82) is 0 Å². The van der Waals surface area contributed by atoms with Crippen molar-refractivity contribution in [2.75, 3.05) is 0 Å². The van der Waals surface area contributed by atoms with Crippen LogP contribution in [0.4, 0.5) is 9.05 Å². The first-order chi connectivity index (χ1) is 3.12. The molecule has 0 aromatic heterocycles. The van der Waals surface area contributed by atoms with Gasteiger partial charge in [-0.05, 0) is 0 Å². The van der Waals surface area contributed by atoms with Gasteiger partial charge in [0.05, 0.1) is 0 Å². The molecule has 0 unspecified atom stereocenters. The zero-order chi connectivity index (χ0) is 5.91. The van der Waals surface area contributed by atoms with Gasteiger partial charge in [0.2, 0.25) is 0 Å². The minimum atomic E-state index is -4.98. The summed E-state index contributed by atoms with van der Waals surface area (Å²) in [6.45, 7) is 0. The fourth-order valence-electron chi connectivity index (χ4n) is 0.0119. The summed E-state index contributed by atoms with van der Waals surface area (Å²) in [4.78, 5) is 15.3. The second-order valence-corrected chi connectivity index (χ2v) is 2.11. The molecular weight excluding hydrogens is 144 g/mol. The average molecular weight is 149 g/mol. The molecule has 5 nitrogen and oxygen atoms in total. The monoisotopic (exact) mass is 149 g/mol. The minimum Gasteiger partial charge on any atom is -0.365 e. The van der Waals surface area contributed by atoms with E-state index in [1.165, 1.54) is 0 Å². The van der Waals surface area contributed by atoms with Gasteiger partial charge in [-0.25, -0.2) is 0 Å². The fourth-order valence-corrected chi connectivity index (χ4v) is 0.0357. The zero-order valence-corrected chi connectivity index (χ0v) is 4.67. The molecular formula is H5F2NO4Si. The van der Waals surface area contributed by atoms with Crippen molar-refractivity contribution in [2.24, 2.45) is 0 Å². The average Bonchev–Trinajstić information content (AvgIpc) is 1.68. The molecule has 8 heteroatoms. The van der Waals surface area contributed by atoms with Gasteiger partial charge in [0, 0.05) is 0 Å². The maximum absolute atomic E-state index is 10.5. The highest BCUT2D eigenvalue weighted by atomic mass is 28.4. The molecule has 0 bridgehead atoms. The van der Waals surface area contributed by atoms with Gasteiger partial charge in [0.25, 0.3) is 0 Å². The van der Waals surface area contributed by atoms with Crippen LogP contribution in [0.25, 0.3) is 0 Å². The van der Waals surface area contributed by atoms with Crippen LogP contribution in [0.3, 0.4) is 0 Å². The third-order valence-electron chi connectivity index (χ3n) is 0.201. The minimum absolute atomic E-state index is 0. The summed E-state index contributed by atoms with van der Waals surface area (Å²) in [5.74, 6) is 0. The number of halogens is 2. The van der Waals surface area contributed by atoms with E-state index >= 15 is 0 Å². The highest BCUT2D eigenvalue weighted by molar-refractivity contribution is 6.49. The second-order valence-electron chi connectivity index (χ2n) is 0.703. The summed E-state index contributed by atoms with van der Waals surface area (Å²) in [5, 5.41) is 0. The van der Waals surface area contributed by atoms with E-state index in [9.17, 15) is 9.05 Å². The van der Waals surface area contributed by atoms with E-state index in [-0.39, 0.29) is 6.15 Å². The van der Waals surface area contributed by atoms with Crippen molar-refractivity contribution in [2.45, 2.75) is 0 Å². The molecule has 0 rings (SSSR count). The zero-order valence-electron chi connectivity index (χ0n) is 3.67. The highest BCUT2D eigenvalue weighted by Crippen LogP contribution is 1.96. The van der Waals surface area contributed by atoms with Gasteiger partial charge in [-0.15, -0.1) is 0 Å². The van der Waals surface area contributed by atoms with E-state index in [2.05, 4.69) is 9.26 Å². The van der Waals surface area contributed by atoms with Gasteiger partial charge in [0.1, 0.15) is 0 Å². The molecule has 0 aliphatic carbocycles. The molecule has 0 aliphatic rings. The summed E-state index contributed by atoms with van der Waals surface area (Å²) in [6, 6.07) is 0. The van der Waals surface area contributed by atoms with E-state index in [0.29, 0.717) is 0 Å². The van der Waals surface area contributed by atoms with Crippen LogP contribution in [0, 0.1) is 0 Å². The molecule has 0 aromatic rings. The van der Waals surface area contributed by atoms with Gasteiger partial charge < -0.3 is 15.7 Å². The Morgan fingerprint density at radius 3 is 1.38 bits per heavy atom. The molecule has 52 valence electrons. The highest BCUT2D eigenvalue weighted by Gasteiger charge is 2.40. The molecule has 0 aliphatic heterocycles. The molecule has 0 saturated carbocycles. The topological polar surface area (TPSA) is 93.9 Å². The molecule has 0 saturated heterocycles. The summed E-state index contributed by atoms with van der Waals surface area (Å²) in [5.41, 5.74) is 0. The summed E-state index contributed by atoms with van der Waals surface area (Å²) >= 11 is 0. The largest absolute Gasteiger partial charge is 0.738 e. The second kappa shape index (κ2) is 3.83. The van der Waals surface area contributed by atoms with Gasteiger partial charge in [-0.2, -0.15) is 9.26 Å². The smallest absolute Gasteiger partial charge is 0.365 e. The maximum Gasteiger partial charge on any atom is 0.738 e. The molecule has 0 spiro atoms. The van der Waals surface area contributed by atoms with Crippen LogP contribution in [0.2, 0.25) is 0 Å². The lowest BCUT2D eigenvalue weighted by Crippen LogP contribution is -2.37. The number of hydrogen-bond donors (Lipinski definition) is 3. The third-order valence-corrected chi connectivity index (χ3v) is 0.603. The van der Waals surface area contributed by atoms with Gasteiger partial charge >= 0.3 is 9.05 Å². The Morgan fingerprint density at radius 2 is 1.38 bits per heavy atom. The maximum atomic E-state index is 10.5. The number of hydrogen-bond acceptors (Lipinski definition) is 5. The van der Waals surface area contributed by atoms with Gasteiger partial charge in [-0.3, -0.25) is 0 Å². The van der Waals surface area contributed by atoms with Crippen LogP contribution < -0.4 is 6.15 Å². The molecule has 0 atom stereocenters. The van der Waals surface area contributed by atoms with E-state index in [4.69, 9.17) is 9.59 Å². The molecule has 8 heavy (non-hydrogen) atoms. The Kier molecular flexibility index (Phi) is 5.16. The van der Waals surface area contributed by atoms with E-state index in [1.807, 2.05) is 0 Å². The molecule has 0 fully saturated rings. The van der Waals surface area contributed by atoms with Crippen LogP contribution >= 0.6 is 0 Å². The van der Waals surface area contributed by atoms with Crippen molar-refractivity contribution in [3.05, 3.63) is 0 Å². The van der Waals surface area contributed by atoms with Crippen molar-refractivity contribution >= 4 is 9.05 Å². The normalized spacial score (nSPS) is 10.5. The lowest BCUT2D eigenvalue weighted by atomic mass is 14.0. The third kappa shape index (κ3) is 4.05. The molecule has 0 heterocycles. The van der Waals surface area contributed by atoms with Crippen molar-refractivity contribution in [1.82, 2.24) is 6.15 Å². The lowest BCUT2D eigenvalue weighted by molar-refractivity contribution is -0.189. The Bertz CT molecular complexity index is 52.0. The number of rotatable bonds is 2. The molecule has 0 radical (unpaired) electrons. The van der Waals surface area contributed by atoms with Crippen LogP contribution in [0.5, 0.6) is 0 Å². The molecule has 5 N–H and O–H groups in total. The van der Waals surface area contributed by atoms with Gasteiger partial charge in [0.15, 0.2) is 0 Å². The first-order valence-corrected chi connectivity index (χ1v) is 2.87.